The maximum Gasteiger partial charge on any atom is 0.297 e. The normalized spacial score (nSPS) is 10.0. The minimum atomic E-state index is -0.579. The number of H-pyrrole nitrogens is 1. The number of nitrogens with one attached hydrogen (secondary N) is 3. The summed E-state index contributed by atoms with van der Waals surface area (Å²) in [4.78, 5) is 23.2. The smallest absolute Gasteiger partial charge is 0.297 e. The minimum Gasteiger partial charge on any atom is -0.355 e. The van der Waals surface area contributed by atoms with Gasteiger partial charge in [0.15, 0.2) is 0 Å². The van der Waals surface area contributed by atoms with Crippen molar-refractivity contribution < 1.29 is 9.59 Å². The molecule has 0 atom stereocenters. The molecule has 0 bridgehead atoms. The van der Waals surface area contributed by atoms with Crippen LogP contribution in [0.4, 0.5) is 5.69 Å². The molecule has 0 aliphatic carbocycles. The highest BCUT2D eigenvalue weighted by Crippen LogP contribution is 2.23. The number of amides is 2. The Morgan fingerprint density at radius 1 is 1.32 bits per heavy atom. The van der Waals surface area contributed by atoms with Crippen LogP contribution in [0, 0.1) is 0 Å². The van der Waals surface area contributed by atoms with Gasteiger partial charge in [-0.25, -0.2) is 0 Å². The Kier molecular flexibility index (Phi) is 3.71. The minimum absolute atomic E-state index is 0.124. The fourth-order valence-corrected chi connectivity index (χ4v) is 1.51. The third-order valence-corrected chi connectivity index (χ3v) is 2.58. The molecule has 9 heteroatoms. The number of benzene rings is 1. The highest BCUT2D eigenvalue weighted by atomic mass is 35.5. The van der Waals surface area contributed by atoms with E-state index in [4.69, 9.17) is 11.6 Å². The zero-order valence-corrected chi connectivity index (χ0v) is 10.5. The predicted octanol–water partition coefficient (Wildman–Crippen LogP) is 0.465. The van der Waals surface area contributed by atoms with Crippen molar-refractivity contribution in [1.29, 1.82) is 0 Å². The van der Waals surface area contributed by atoms with Crippen molar-refractivity contribution in [2.75, 3.05) is 12.4 Å². The Hall–Kier alpha value is -2.48. The van der Waals surface area contributed by atoms with Crippen molar-refractivity contribution in [2.24, 2.45) is 0 Å². The molecule has 0 aliphatic rings. The average Bonchev–Trinajstić information content (AvgIpc) is 2.94. The predicted molar refractivity (Wildman–Crippen MR) is 67.0 cm³/mol. The molecule has 98 valence electrons. The summed E-state index contributed by atoms with van der Waals surface area (Å²) >= 11 is 5.94. The molecule has 0 radical (unpaired) electrons. The monoisotopic (exact) mass is 280 g/mol. The van der Waals surface area contributed by atoms with E-state index in [-0.39, 0.29) is 17.4 Å². The summed E-state index contributed by atoms with van der Waals surface area (Å²) in [6.07, 6.45) is 0. The fourth-order valence-electron chi connectivity index (χ4n) is 1.34. The number of carbonyl (C=O) groups is 2. The number of tetrazole rings is 1. The largest absolute Gasteiger partial charge is 0.355 e. The molecule has 0 saturated heterocycles. The van der Waals surface area contributed by atoms with Crippen LogP contribution in [0.5, 0.6) is 0 Å². The van der Waals surface area contributed by atoms with Crippen LogP contribution in [0.25, 0.3) is 0 Å². The molecular weight excluding hydrogens is 272 g/mol. The first-order valence-electron chi connectivity index (χ1n) is 5.18. The number of aromatic amines is 1. The van der Waals surface area contributed by atoms with E-state index in [9.17, 15) is 9.59 Å². The van der Waals surface area contributed by atoms with Crippen LogP contribution < -0.4 is 10.6 Å². The number of carbonyl (C=O) groups excluding carboxylic acids is 2. The SMILES string of the molecule is CNC(=O)c1ccc(Cl)c(NC(=O)c2nn[nH]n2)c1. The Bertz CT molecular complexity index is 612. The Morgan fingerprint density at radius 2 is 2.11 bits per heavy atom. The van der Waals surface area contributed by atoms with Gasteiger partial charge in [-0.2, -0.15) is 5.21 Å². The van der Waals surface area contributed by atoms with Crippen molar-refractivity contribution in [3.05, 3.63) is 34.6 Å². The lowest BCUT2D eigenvalue weighted by Gasteiger charge is -2.07. The van der Waals surface area contributed by atoms with Gasteiger partial charge in [0.05, 0.1) is 10.7 Å². The number of hydrogen-bond donors (Lipinski definition) is 3. The van der Waals surface area contributed by atoms with Gasteiger partial charge in [-0.15, -0.1) is 10.2 Å². The van der Waals surface area contributed by atoms with Crippen molar-refractivity contribution in [3.8, 4) is 0 Å². The lowest BCUT2D eigenvalue weighted by atomic mass is 10.2. The molecule has 0 unspecified atom stereocenters. The molecule has 2 rings (SSSR count). The van der Waals surface area contributed by atoms with E-state index in [0.29, 0.717) is 10.6 Å². The van der Waals surface area contributed by atoms with Crippen molar-refractivity contribution in [2.45, 2.75) is 0 Å². The first kappa shape index (κ1) is 13.0. The molecule has 0 saturated carbocycles. The van der Waals surface area contributed by atoms with Gasteiger partial charge in [-0.3, -0.25) is 9.59 Å². The first-order chi connectivity index (χ1) is 9.11. The summed E-state index contributed by atoms with van der Waals surface area (Å²) in [6.45, 7) is 0. The van der Waals surface area contributed by atoms with Crippen molar-refractivity contribution >= 4 is 29.1 Å². The van der Waals surface area contributed by atoms with E-state index in [1.807, 2.05) is 0 Å². The van der Waals surface area contributed by atoms with Gasteiger partial charge in [0.2, 0.25) is 0 Å². The summed E-state index contributed by atoms with van der Waals surface area (Å²) in [5.41, 5.74) is 0.660. The molecule has 19 heavy (non-hydrogen) atoms. The van der Waals surface area contributed by atoms with Gasteiger partial charge < -0.3 is 10.6 Å². The molecule has 2 amide bonds. The Labute approximate surface area is 112 Å². The lowest BCUT2D eigenvalue weighted by Crippen LogP contribution is -2.19. The Balaban J connectivity index is 2.24. The van der Waals surface area contributed by atoms with Gasteiger partial charge in [-0.05, 0) is 23.4 Å². The average molecular weight is 281 g/mol. The lowest BCUT2D eigenvalue weighted by molar-refractivity contribution is 0.0961. The molecule has 1 heterocycles. The molecule has 8 nitrogen and oxygen atoms in total. The van der Waals surface area contributed by atoms with Crippen LogP contribution >= 0.6 is 11.6 Å². The van der Waals surface area contributed by atoms with Crippen LogP contribution in [0.2, 0.25) is 5.02 Å². The first-order valence-corrected chi connectivity index (χ1v) is 5.56. The molecule has 1 aromatic heterocycles. The van der Waals surface area contributed by atoms with Gasteiger partial charge in [0.1, 0.15) is 0 Å². The molecule has 1 aromatic carbocycles. The van der Waals surface area contributed by atoms with Crippen LogP contribution in [0.3, 0.4) is 0 Å². The second-order valence-electron chi connectivity index (χ2n) is 3.46. The zero-order valence-electron chi connectivity index (χ0n) is 9.77. The van der Waals surface area contributed by atoms with E-state index in [2.05, 4.69) is 31.3 Å². The van der Waals surface area contributed by atoms with E-state index in [1.165, 1.54) is 19.2 Å². The summed E-state index contributed by atoms with van der Waals surface area (Å²) in [7, 11) is 1.51. The number of hydrogen-bond acceptors (Lipinski definition) is 5. The van der Waals surface area contributed by atoms with Crippen LogP contribution in [0.15, 0.2) is 18.2 Å². The molecule has 0 spiro atoms. The van der Waals surface area contributed by atoms with Gasteiger partial charge >= 0.3 is 0 Å². The third-order valence-electron chi connectivity index (χ3n) is 2.25. The molecule has 3 N–H and O–H groups in total. The third kappa shape index (κ3) is 2.86. The van der Waals surface area contributed by atoms with Crippen LogP contribution in [-0.4, -0.2) is 39.5 Å². The van der Waals surface area contributed by atoms with Crippen molar-refractivity contribution in [3.63, 3.8) is 0 Å². The highest BCUT2D eigenvalue weighted by molar-refractivity contribution is 6.34. The quantitative estimate of drug-likeness (QED) is 0.756. The summed E-state index contributed by atoms with van der Waals surface area (Å²) in [6, 6.07) is 4.52. The van der Waals surface area contributed by atoms with E-state index in [0.717, 1.165) is 0 Å². The number of halogens is 1. The number of rotatable bonds is 3. The second-order valence-corrected chi connectivity index (χ2v) is 3.87. The van der Waals surface area contributed by atoms with E-state index in [1.54, 1.807) is 6.07 Å². The van der Waals surface area contributed by atoms with Crippen LogP contribution in [0.1, 0.15) is 21.0 Å². The summed E-state index contributed by atoms with van der Waals surface area (Å²) in [5, 5.41) is 17.8. The molecular formula is C10H9ClN6O2. The molecule has 0 fully saturated rings. The Morgan fingerprint density at radius 3 is 2.74 bits per heavy atom. The number of anilines is 1. The standard InChI is InChI=1S/C10H9ClN6O2/c1-12-9(18)5-2-3-6(11)7(4-5)13-10(19)8-14-16-17-15-8/h2-4H,1H3,(H,12,18)(H,13,19)(H,14,15,16,17). The zero-order chi connectivity index (χ0) is 13.8. The van der Waals surface area contributed by atoms with Gasteiger partial charge in [0.25, 0.3) is 17.6 Å². The van der Waals surface area contributed by atoms with Crippen molar-refractivity contribution in [1.82, 2.24) is 25.9 Å². The van der Waals surface area contributed by atoms with E-state index < -0.39 is 5.91 Å². The molecule has 0 aliphatic heterocycles. The maximum atomic E-state index is 11.7. The number of nitrogens with zero attached hydrogens (tertiary/aromatic N) is 3. The topological polar surface area (TPSA) is 113 Å². The molecule has 2 aromatic rings. The van der Waals surface area contributed by atoms with Gasteiger partial charge in [-0.1, -0.05) is 11.6 Å². The maximum absolute atomic E-state index is 11.7. The van der Waals surface area contributed by atoms with Gasteiger partial charge in [0, 0.05) is 12.6 Å². The summed E-state index contributed by atoms with van der Waals surface area (Å²) in [5.74, 6) is -0.988. The highest BCUT2D eigenvalue weighted by Gasteiger charge is 2.14. The second kappa shape index (κ2) is 5.44. The summed E-state index contributed by atoms with van der Waals surface area (Å²) < 4.78 is 0. The van der Waals surface area contributed by atoms with Crippen LogP contribution in [-0.2, 0) is 0 Å². The van der Waals surface area contributed by atoms with E-state index >= 15 is 0 Å². The number of aromatic nitrogens is 4. The fraction of sp³-hybridized carbons (Fsp3) is 0.100.